The number of hydrogen-bond acceptors (Lipinski definition) is 4. The van der Waals surface area contributed by atoms with Crippen molar-refractivity contribution in [2.45, 2.75) is 19.8 Å². The molecule has 0 radical (unpaired) electrons. The first-order valence-electron chi connectivity index (χ1n) is 5.02. The van der Waals surface area contributed by atoms with Crippen molar-refractivity contribution in [1.29, 1.82) is 5.26 Å². The van der Waals surface area contributed by atoms with Crippen LogP contribution in [0.15, 0.2) is 6.07 Å². The molecule has 0 aliphatic heterocycles. The van der Waals surface area contributed by atoms with Crippen LogP contribution in [-0.2, 0) is 16.0 Å². The average Bonchev–Trinajstić information content (AvgIpc) is 2.31. The van der Waals surface area contributed by atoms with Crippen LogP contribution in [0.4, 0.5) is 8.78 Å². The number of nitrogens with zero attached hydrogens (tertiary/aromatic N) is 2. The van der Waals surface area contributed by atoms with Gasteiger partial charge in [-0.1, -0.05) is 11.6 Å². The van der Waals surface area contributed by atoms with Gasteiger partial charge in [0.05, 0.1) is 29.3 Å². The highest BCUT2D eigenvalue weighted by Crippen LogP contribution is 2.26. The summed E-state index contributed by atoms with van der Waals surface area (Å²) in [5.74, 6) is -0.583. The second-order valence-corrected chi connectivity index (χ2v) is 3.66. The molecule has 0 unspecified atom stereocenters. The SMILES string of the molecule is CCOC(=O)Cc1nc(C#N)c(C(F)F)cc1Cl. The van der Waals surface area contributed by atoms with Crippen molar-refractivity contribution in [2.75, 3.05) is 6.61 Å². The van der Waals surface area contributed by atoms with Gasteiger partial charge in [-0.05, 0) is 13.0 Å². The normalized spacial score (nSPS) is 10.2. The maximum Gasteiger partial charge on any atom is 0.311 e. The zero-order valence-corrected chi connectivity index (χ0v) is 10.2. The highest BCUT2D eigenvalue weighted by Gasteiger charge is 2.19. The Morgan fingerprint density at radius 3 is 2.83 bits per heavy atom. The maximum absolute atomic E-state index is 12.6. The lowest BCUT2D eigenvalue weighted by atomic mass is 10.1. The Morgan fingerprint density at radius 2 is 2.33 bits per heavy atom. The van der Waals surface area contributed by atoms with Crippen LogP contribution in [-0.4, -0.2) is 17.6 Å². The number of nitriles is 1. The van der Waals surface area contributed by atoms with Crippen LogP contribution in [0.5, 0.6) is 0 Å². The first-order valence-corrected chi connectivity index (χ1v) is 5.40. The second kappa shape index (κ2) is 6.26. The second-order valence-electron chi connectivity index (χ2n) is 3.25. The van der Waals surface area contributed by atoms with Gasteiger partial charge in [-0.25, -0.2) is 13.8 Å². The first-order chi connectivity index (χ1) is 8.49. The molecule has 0 aromatic carbocycles. The molecule has 1 rings (SSSR count). The molecular formula is C11H9ClF2N2O2. The van der Waals surface area contributed by atoms with E-state index in [0.717, 1.165) is 6.07 Å². The van der Waals surface area contributed by atoms with Crippen LogP contribution in [0.2, 0.25) is 5.02 Å². The molecule has 0 atom stereocenters. The number of carbonyl (C=O) groups is 1. The molecule has 0 amide bonds. The summed E-state index contributed by atoms with van der Waals surface area (Å²) in [6.45, 7) is 1.82. The van der Waals surface area contributed by atoms with Crippen LogP contribution < -0.4 is 0 Å². The van der Waals surface area contributed by atoms with E-state index in [1.165, 1.54) is 0 Å². The topological polar surface area (TPSA) is 63.0 Å². The molecule has 1 heterocycles. The predicted molar refractivity (Wildman–Crippen MR) is 59.3 cm³/mol. The lowest BCUT2D eigenvalue weighted by Gasteiger charge is -2.07. The van der Waals surface area contributed by atoms with Crippen molar-refractivity contribution in [2.24, 2.45) is 0 Å². The van der Waals surface area contributed by atoms with E-state index in [1.807, 2.05) is 0 Å². The van der Waals surface area contributed by atoms with Gasteiger partial charge >= 0.3 is 5.97 Å². The van der Waals surface area contributed by atoms with Gasteiger partial charge in [-0.3, -0.25) is 4.79 Å². The number of ether oxygens (including phenoxy) is 1. The van der Waals surface area contributed by atoms with Gasteiger partial charge in [0, 0.05) is 0 Å². The molecule has 0 aliphatic rings. The van der Waals surface area contributed by atoms with Crippen LogP contribution >= 0.6 is 11.6 Å². The number of rotatable bonds is 4. The highest BCUT2D eigenvalue weighted by atomic mass is 35.5. The molecule has 0 aliphatic carbocycles. The maximum atomic E-state index is 12.6. The van der Waals surface area contributed by atoms with Crippen molar-refractivity contribution in [3.63, 3.8) is 0 Å². The predicted octanol–water partition coefficient (Wildman–Crippen LogP) is 2.65. The third-order valence-corrected chi connectivity index (χ3v) is 2.36. The van der Waals surface area contributed by atoms with Gasteiger partial charge in [-0.15, -0.1) is 0 Å². The van der Waals surface area contributed by atoms with Crippen molar-refractivity contribution in [3.05, 3.63) is 28.0 Å². The lowest BCUT2D eigenvalue weighted by molar-refractivity contribution is -0.142. The molecular weight excluding hydrogens is 266 g/mol. The molecule has 4 nitrogen and oxygen atoms in total. The fourth-order valence-electron chi connectivity index (χ4n) is 1.27. The summed E-state index contributed by atoms with van der Waals surface area (Å²) in [6, 6.07) is 2.50. The Kier molecular flexibility index (Phi) is 4.98. The van der Waals surface area contributed by atoms with Crippen molar-refractivity contribution in [1.82, 2.24) is 4.98 Å². The van der Waals surface area contributed by atoms with Crippen LogP contribution in [0, 0.1) is 11.3 Å². The first kappa shape index (κ1) is 14.3. The number of hydrogen-bond donors (Lipinski definition) is 0. The third-order valence-electron chi connectivity index (χ3n) is 2.04. The Bertz CT molecular complexity index is 501. The van der Waals surface area contributed by atoms with Crippen molar-refractivity contribution in [3.8, 4) is 6.07 Å². The van der Waals surface area contributed by atoms with Crippen LogP contribution in [0.1, 0.15) is 30.3 Å². The van der Waals surface area contributed by atoms with Crippen molar-refractivity contribution >= 4 is 17.6 Å². The fraction of sp³-hybridized carbons (Fsp3) is 0.364. The van der Waals surface area contributed by atoms with Gasteiger partial charge in [0.2, 0.25) is 0 Å². The third kappa shape index (κ3) is 3.37. The van der Waals surface area contributed by atoms with E-state index in [4.69, 9.17) is 16.9 Å². The molecule has 1 aromatic rings. The number of halogens is 3. The van der Waals surface area contributed by atoms with E-state index >= 15 is 0 Å². The molecule has 7 heteroatoms. The number of aromatic nitrogens is 1. The van der Waals surface area contributed by atoms with Gasteiger partial charge in [0.1, 0.15) is 11.8 Å². The Labute approximate surface area is 107 Å². The standard InChI is InChI=1S/C11H9ClF2N2O2/c1-2-18-10(17)4-8-7(12)3-6(11(13)14)9(5-15)16-8/h3,11H,2,4H2,1H3. The minimum absolute atomic E-state index is 0.0519. The van der Waals surface area contributed by atoms with E-state index in [1.54, 1.807) is 13.0 Å². The zero-order valence-electron chi connectivity index (χ0n) is 9.41. The van der Waals surface area contributed by atoms with E-state index in [2.05, 4.69) is 9.72 Å². The summed E-state index contributed by atoms with van der Waals surface area (Å²) in [7, 11) is 0. The van der Waals surface area contributed by atoms with Gasteiger partial charge < -0.3 is 4.74 Å². The molecule has 1 aromatic heterocycles. The van der Waals surface area contributed by atoms with E-state index < -0.39 is 23.7 Å². The molecule has 96 valence electrons. The van der Waals surface area contributed by atoms with Gasteiger partial charge in [0.15, 0.2) is 0 Å². The number of esters is 1. The van der Waals surface area contributed by atoms with Crippen molar-refractivity contribution < 1.29 is 18.3 Å². The molecule has 0 bridgehead atoms. The molecule has 0 saturated heterocycles. The highest BCUT2D eigenvalue weighted by molar-refractivity contribution is 6.31. The van der Waals surface area contributed by atoms with E-state index in [9.17, 15) is 13.6 Å². The Balaban J connectivity index is 3.09. The fourth-order valence-corrected chi connectivity index (χ4v) is 1.50. The summed E-state index contributed by atoms with van der Waals surface area (Å²) >= 11 is 5.73. The van der Waals surface area contributed by atoms with Gasteiger partial charge in [0.25, 0.3) is 6.43 Å². The molecule has 0 N–H and O–H groups in total. The molecule has 0 spiro atoms. The number of carbonyl (C=O) groups excluding carboxylic acids is 1. The van der Waals surface area contributed by atoms with Crippen LogP contribution in [0.3, 0.4) is 0 Å². The van der Waals surface area contributed by atoms with E-state index in [0.29, 0.717) is 0 Å². The summed E-state index contributed by atoms with van der Waals surface area (Å²) in [6.07, 6.45) is -3.11. The Hall–Kier alpha value is -1.74. The molecule has 0 saturated carbocycles. The smallest absolute Gasteiger partial charge is 0.311 e. The summed E-state index contributed by atoms with van der Waals surface area (Å²) in [5.41, 5.74) is -0.931. The largest absolute Gasteiger partial charge is 0.466 e. The number of pyridine rings is 1. The quantitative estimate of drug-likeness (QED) is 0.792. The average molecular weight is 275 g/mol. The van der Waals surface area contributed by atoms with Gasteiger partial charge in [-0.2, -0.15) is 5.26 Å². The molecule has 0 fully saturated rings. The Morgan fingerprint density at radius 1 is 1.67 bits per heavy atom. The minimum atomic E-state index is -2.85. The zero-order chi connectivity index (χ0) is 13.7. The lowest BCUT2D eigenvalue weighted by Crippen LogP contribution is -2.10. The summed E-state index contributed by atoms with van der Waals surface area (Å²) < 4.78 is 29.8. The number of alkyl halides is 2. The van der Waals surface area contributed by atoms with E-state index in [-0.39, 0.29) is 23.7 Å². The molecule has 18 heavy (non-hydrogen) atoms. The van der Waals surface area contributed by atoms with Crippen LogP contribution in [0.25, 0.3) is 0 Å². The monoisotopic (exact) mass is 274 g/mol. The summed E-state index contributed by atoms with van der Waals surface area (Å²) in [4.78, 5) is 14.9. The minimum Gasteiger partial charge on any atom is -0.466 e. The summed E-state index contributed by atoms with van der Waals surface area (Å²) in [5, 5.41) is 8.63.